The van der Waals surface area contributed by atoms with Crippen molar-refractivity contribution in [3.05, 3.63) is 78.0 Å². The van der Waals surface area contributed by atoms with Crippen molar-refractivity contribution in [2.75, 3.05) is 0 Å². The van der Waals surface area contributed by atoms with Crippen molar-refractivity contribution in [2.24, 2.45) is 5.41 Å². The Bertz CT molecular complexity index is 810. The van der Waals surface area contributed by atoms with Crippen LogP contribution < -0.4 is 0 Å². The summed E-state index contributed by atoms with van der Waals surface area (Å²) in [5, 5.41) is 0. The fourth-order valence-electron chi connectivity index (χ4n) is 3.72. The van der Waals surface area contributed by atoms with Gasteiger partial charge >= 0.3 is 0 Å². The smallest absolute Gasteiger partial charge is 0.0534 e. The quantitative estimate of drug-likeness (QED) is 0.575. The van der Waals surface area contributed by atoms with Crippen molar-refractivity contribution in [2.45, 2.75) is 33.1 Å². The van der Waals surface area contributed by atoms with Gasteiger partial charge in [0.05, 0.1) is 5.69 Å². The molecule has 1 heterocycles. The molecule has 0 fully saturated rings. The van der Waals surface area contributed by atoms with Gasteiger partial charge < -0.3 is 4.57 Å². The summed E-state index contributed by atoms with van der Waals surface area (Å²) in [6.07, 6.45) is 3.60. The lowest BCUT2D eigenvalue weighted by molar-refractivity contribution is 0.310. The average Bonchev–Trinajstić information content (AvgIpc) is 2.94. The second-order valence-electron chi connectivity index (χ2n) is 7.38. The first-order valence-corrected chi connectivity index (χ1v) is 8.48. The molecule has 2 aromatic carbocycles. The molecule has 0 spiro atoms. The summed E-state index contributed by atoms with van der Waals surface area (Å²) in [6, 6.07) is 24.0. The Balaban J connectivity index is 1.96. The third-order valence-corrected chi connectivity index (χ3v) is 4.99. The summed E-state index contributed by atoms with van der Waals surface area (Å²) in [6.45, 7) is 4.78. The Hall–Kier alpha value is -2.28. The molecule has 23 heavy (non-hydrogen) atoms. The van der Waals surface area contributed by atoms with Crippen LogP contribution in [0.1, 0.15) is 31.5 Å². The zero-order chi connectivity index (χ0) is 15.9. The lowest BCUT2D eigenvalue weighted by atomic mass is 9.77. The van der Waals surface area contributed by atoms with Crippen LogP contribution in [-0.4, -0.2) is 4.57 Å². The third kappa shape index (κ3) is 2.61. The molecule has 1 aromatic heterocycles. The number of aromatic nitrogens is 1. The van der Waals surface area contributed by atoms with Crippen LogP contribution in [0.15, 0.2) is 66.7 Å². The maximum atomic E-state index is 2.48. The number of hydrogen-bond donors (Lipinski definition) is 0. The van der Waals surface area contributed by atoms with Crippen LogP contribution in [0, 0.1) is 5.41 Å². The highest BCUT2D eigenvalue weighted by Crippen LogP contribution is 2.40. The Morgan fingerprint density at radius 2 is 1.52 bits per heavy atom. The zero-order valence-electron chi connectivity index (χ0n) is 13.9. The Kier molecular flexibility index (Phi) is 3.37. The van der Waals surface area contributed by atoms with E-state index in [1.807, 2.05) is 0 Å². The molecule has 0 unspecified atom stereocenters. The lowest BCUT2D eigenvalue weighted by Gasteiger charge is -2.31. The van der Waals surface area contributed by atoms with E-state index in [9.17, 15) is 0 Å². The van der Waals surface area contributed by atoms with Crippen molar-refractivity contribution in [1.82, 2.24) is 4.57 Å². The van der Waals surface area contributed by atoms with E-state index < -0.39 is 0 Å². The molecule has 116 valence electrons. The van der Waals surface area contributed by atoms with Crippen LogP contribution in [-0.2, 0) is 12.8 Å². The average molecular weight is 301 g/mol. The van der Waals surface area contributed by atoms with Gasteiger partial charge in [0, 0.05) is 11.4 Å². The molecule has 1 nitrogen and oxygen atoms in total. The van der Waals surface area contributed by atoms with Gasteiger partial charge in [0.15, 0.2) is 0 Å². The van der Waals surface area contributed by atoms with Crippen molar-refractivity contribution in [3.8, 4) is 16.9 Å². The number of aryl methyl sites for hydroxylation is 1. The van der Waals surface area contributed by atoms with E-state index in [4.69, 9.17) is 0 Å². The molecule has 0 bridgehead atoms. The third-order valence-electron chi connectivity index (χ3n) is 4.99. The van der Waals surface area contributed by atoms with Crippen molar-refractivity contribution in [3.63, 3.8) is 0 Å². The largest absolute Gasteiger partial charge is 0.313 e. The normalized spacial score (nSPS) is 16.1. The first kappa shape index (κ1) is 14.3. The molecule has 1 aliphatic carbocycles. The second kappa shape index (κ2) is 5.42. The molecule has 0 saturated carbocycles. The van der Waals surface area contributed by atoms with Gasteiger partial charge in [-0.1, -0.05) is 62.4 Å². The summed E-state index contributed by atoms with van der Waals surface area (Å²) in [4.78, 5) is 0. The van der Waals surface area contributed by atoms with Crippen LogP contribution in [0.3, 0.4) is 0 Å². The summed E-state index contributed by atoms with van der Waals surface area (Å²) in [7, 11) is 0. The molecule has 1 aliphatic rings. The van der Waals surface area contributed by atoms with Gasteiger partial charge in [-0.3, -0.25) is 0 Å². The minimum absolute atomic E-state index is 0.381. The maximum absolute atomic E-state index is 2.48. The highest BCUT2D eigenvalue weighted by atomic mass is 15.0. The van der Waals surface area contributed by atoms with Crippen LogP contribution in [0.2, 0.25) is 0 Å². The highest BCUT2D eigenvalue weighted by Gasteiger charge is 2.29. The van der Waals surface area contributed by atoms with Gasteiger partial charge in [0.1, 0.15) is 0 Å². The number of fused-ring (bicyclic) bond motifs is 1. The molecular weight excluding hydrogens is 278 g/mol. The van der Waals surface area contributed by atoms with Gasteiger partial charge in [-0.05, 0) is 54.0 Å². The number of nitrogens with zero attached hydrogens (tertiary/aromatic N) is 1. The predicted molar refractivity (Wildman–Crippen MR) is 97.0 cm³/mol. The van der Waals surface area contributed by atoms with Gasteiger partial charge in [-0.2, -0.15) is 0 Å². The molecule has 0 aliphatic heterocycles. The second-order valence-corrected chi connectivity index (χ2v) is 7.38. The van der Waals surface area contributed by atoms with Crippen molar-refractivity contribution < 1.29 is 0 Å². The molecule has 0 N–H and O–H groups in total. The molecule has 1 heteroatoms. The van der Waals surface area contributed by atoms with E-state index in [2.05, 4.69) is 85.1 Å². The molecule has 0 atom stereocenters. The maximum Gasteiger partial charge on any atom is 0.0534 e. The highest BCUT2D eigenvalue weighted by molar-refractivity contribution is 5.66. The van der Waals surface area contributed by atoms with Gasteiger partial charge in [-0.25, -0.2) is 0 Å². The van der Waals surface area contributed by atoms with Crippen molar-refractivity contribution in [1.29, 1.82) is 0 Å². The standard InChI is InChI=1S/C22H23N/c1-22(2)14-13-18-15-20(17-9-5-3-6-10-17)23(21(18)16-22)19-11-7-4-8-12-19/h3-12,15H,13-14,16H2,1-2H3. The fraction of sp³-hybridized carbons (Fsp3) is 0.273. The van der Waals surface area contributed by atoms with Gasteiger partial charge in [0.25, 0.3) is 0 Å². The van der Waals surface area contributed by atoms with Gasteiger partial charge in [-0.15, -0.1) is 0 Å². The molecular formula is C22H23N. The van der Waals surface area contributed by atoms with E-state index in [1.54, 1.807) is 0 Å². The topological polar surface area (TPSA) is 4.93 Å². The van der Waals surface area contributed by atoms with E-state index >= 15 is 0 Å². The summed E-state index contributed by atoms with van der Waals surface area (Å²) >= 11 is 0. The fourth-order valence-corrected chi connectivity index (χ4v) is 3.72. The zero-order valence-corrected chi connectivity index (χ0v) is 13.9. The number of rotatable bonds is 2. The Labute approximate surface area is 138 Å². The minimum Gasteiger partial charge on any atom is -0.313 e. The molecule has 3 aromatic rings. The van der Waals surface area contributed by atoms with E-state index in [0.717, 1.165) is 6.42 Å². The van der Waals surface area contributed by atoms with Crippen LogP contribution in [0.5, 0.6) is 0 Å². The lowest BCUT2D eigenvalue weighted by Crippen LogP contribution is -2.23. The van der Waals surface area contributed by atoms with Gasteiger partial charge in [0.2, 0.25) is 0 Å². The first-order valence-electron chi connectivity index (χ1n) is 8.48. The monoisotopic (exact) mass is 301 g/mol. The Morgan fingerprint density at radius 1 is 0.870 bits per heavy atom. The molecule has 0 amide bonds. The van der Waals surface area contributed by atoms with Crippen LogP contribution >= 0.6 is 0 Å². The number of hydrogen-bond acceptors (Lipinski definition) is 0. The van der Waals surface area contributed by atoms with E-state index in [0.29, 0.717) is 5.41 Å². The summed E-state index contributed by atoms with van der Waals surface area (Å²) < 4.78 is 2.48. The van der Waals surface area contributed by atoms with Crippen molar-refractivity contribution >= 4 is 0 Å². The SMILES string of the molecule is CC1(C)CCc2cc(-c3ccccc3)n(-c3ccccc3)c2C1. The van der Waals surface area contributed by atoms with Crippen LogP contribution in [0.4, 0.5) is 0 Å². The predicted octanol–water partition coefficient (Wildman–Crippen LogP) is 5.66. The number of benzene rings is 2. The van der Waals surface area contributed by atoms with E-state index in [1.165, 1.54) is 41.0 Å². The summed E-state index contributed by atoms with van der Waals surface area (Å²) in [5.74, 6) is 0. The number of para-hydroxylation sites is 1. The Morgan fingerprint density at radius 3 is 2.22 bits per heavy atom. The van der Waals surface area contributed by atoms with Crippen LogP contribution in [0.25, 0.3) is 16.9 Å². The van der Waals surface area contributed by atoms with E-state index in [-0.39, 0.29) is 0 Å². The minimum atomic E-state index is 0.381. The first-order chi connectivity index (χ1) is 11.1. The molecule has 0 radical (unpaired) electrons. The molecule has 4 rings (SSSR count). The molecule has 0 saturated heterocycles. The summed E-state index contributed by atoms with van der Waals surface area (Å²) in [5.41, 5.74) is 7.28.